The number of rotatable bonds is 4. The first-order valence-electron chi connectivity index (χ1n) is 9.30. The Hall–Kier alpha value is -2.38. The molecule has 0 bridgehead atoms. The van der Waals surface area contributed by atoms with E-state index in [1.807, 2.05) is 0 Å². The molecule has 1 fully saturated rings. The van der Waals surface area contributed by atoms with Gasteiger partial charge in [-0.25, -0.2) is 0 Å². The minimum atomic E-state index is -4.40. The van der Waals surface area contributed by atoms with Crippen LogP contribution >= 0.6 is 0 Å². The topological polar surface area (TPSA) is 59.8 Å². The molecule has 1 amide bonds. The van der Waals surface area contributed by atoms with Gasteiger partial charge < -0.3 is 9.88 Å². The smallest absolute Gasteiger partial charge is 0.349 e. The normalized spacial score (nSPS) is 22.0. The van der Waals surface area contributed by atoms with E-state index in [0.29, 0.717) is 12.2 Å². The van der Waals surface area contributed by atoms with Crippen LogP contribution in [0.4, 0.5) is 13.2 Å². The molecule has 2 aromatic rings. The van der Waals surface area contributed by atoms with E-state index in [2.05, 4.69) is 20.1 Å². The van der Waals surface area contributed by atoms with Gasteiger partial charge in [0.1, 0.15) is 5.82 Å². The van der Waals surface area contributed by atoms with Gasteiger partial charge in [-0.2, -0.15) is 13.2 Å². The van der Waals surface area contributed by atoms with Crippen LogP contribution in [0, 0.1) is 5.92 Å². The van der Waals surface area contributed by atoms with Crippen LogP contribution in [-0.2, 0) is 30.5 Å². The molecule has 5 nitrogen and oxygen atoms in total. The van der Waals surface area contributed by atoms with Gasteiger partial charge in [0.2, 0.25) is 5.91 Å². The maximum absolute atomic E-state index is 13.2. The zero-order valence-corrected chi connectivity index (χ0v) is 14.8. The van der Waals surface area contributed by atoms with Crippen LogP contribution in [0.3, 0.4) is 0 Å². The third kappa shape index (κ3) is 3.70. The van der Waals surface area contributed by atoms with Gasteiger partial charge in [-0.15, -0.1) is 10.2 Å². The maximum atomic E-state index is 13.2. The second-order valence-corrected chi connectivity index (χ2v) is 7.25. The van der Waals surface area contributed by atoms with E-state index in [0.717, 1.165) is 44.1 Å². The quantitative estimate of drug-likeness (QED) is 0.887. The molecular formula is C19H21F3N4O. The number of hydrogen-bond acceptors (Lipinski definition) is 3. The fourth-order valence-electron chi connectivity index (χ4n) is 3.88. The van der Waals surface area contributed by atoms with Crippen LogP contribution in [0.15, 0.2) is 24.3 Å². The summed E-state index contributed by atoms with van der Waals surface area (Å²) in [6, 6.07) is 5.51. The number of nitrogens with one attached hydrogen (secondary N) is 1. The van der Waals surface area contributed by atoms with Gasteiger partial charge in [-0.1, -0.05) is 24.6 Å². The Bertz CT molecular complexity index is 846. The van der Waals surface area contributed by atoms with Gasteiger partial charge in [0.25, 0.3) is 0 Å². The standard InChI is InChI=1S/C19H21F3N4O/c20-19(21,22)15-7-4-3-6-12(15)13-10-14(13)18(27)23-11-17-25-24-16-8-2-1-5-9-26(16)17/h3-4,6-7,13-14H,1-2,5,8-11H2,(H,23,27). The van der Waals surface area contributed by atoms with Gasteiger partial charge in [0.15, 0.2) is 5.82 Å². The molecule has 1 aliphatic heterocycles. The molecule has 1 aromatic carbocycles. The first kappa shape index (κ1) is 18.0. The van der Waals surface area contributed by atoms with Crippen molar-refractivity contribution in [3.63, 3.8) is 0 Å². The third-order valence-corrected chi connectivity index (χ3v) is 5.40. The Morgan fingerprint density at radius 1 is 1.19 bits per heavy atom. The molecule has 1 aliphatic carbocycles. The van der Waals surface area contributed by atoms with E-state index in [1.165, 1.54) is 12.1 Å². The van der Waals surface area contributed by atoms with Gasteiger partial charge in [0.05, 0.1) is 12.1 Å². The van der Waals surface area contributed by atoms with Crippen molar-refractivity contribution in [1.82, 2.24) is 20.1 Å². The van der Waals surface area contributed by atoms with Crippen molar-refractivity contribution in [1.29, 1.82) is 0 Å². The van der Waals surface area contributed by atoms with Gasteiger partial charge in [0, 0.05) is 18.9 Å². The Balaban J connectivity index is 1.40. The highest BCUT2D eigenvalue weighted by Crippen LogP contribution is 2.51. The number of halogens is 3. The van der Waals surface area contributed by atoms with Gasteiger partial charge in [-0.3, -0.25) is 4.79 Å². The summed E-state index contributed by atoms with van der Waals surface area (Å²) in [5.74, 6) is 0.648. The van der Waals surface area contributed by atoms with E-state index < -0.39 is 17.7 Å². The van der Waals surface area contributed by atoms with Crippen molar-refractivity contribution in [3.8, 4) is 0 Å². The predicted octanol–water partition coefficient (Wildman–Crippen LogP) is 3.44. The van der Waals surface area contributed by atoms with E-state index in [9.17, 15) is 18.0 Å². The number of carbonyl (C=O) groups excluding carboxylic acids is 1. The van der Waals surface area contributed by atoms with Gasteiger partial charge >= 0.3 is 6.18 Å². The highest BCUT2D eigenvalue weighted by Gasteiger charge is 2.47. The summed E-state index contributed by atoms with van der Waals surface area (Å²) >= 11 is 0. The lowest BCUT2D eigenvalue weighted by Crippen LogP contribution is -2.27. The van der Waals surface area contributed by atoms with Crippen LogP contribution in [0.1, 0.15) is 54.4 Å². The second kappa shape index (κ2) is 6.98. The number of amides is 1. The number of nitrogens with zero attached hydrogens (tertiary/aromatic N) is 3. The van der Waals surface area contributed by atoms with E-state index in [1.54, 1.807) is 6.07 Å². The molecule has 2 heterocycles. The average Bonchev–Trinajstić information content (AvgIpc) is 3.40. The SMILES string of the molecule is O=C(NCc1nnc2n1CCCCC2)C1CC1c1ccccc1C(F)(F)F. The summed E-state index contributed by atoms with van der Waals surface area (Å²) in [4.78, 5) is 12.4. The Morgan fingerprint density at radius 3 is 2.81 bits per heavy atom. The number of aryl methyl sites for hydroxylation is 1. The summed E-state index contributed by atoms with van der Waals surface area (Å²) in [6.07, 6.45) is 0.228. The summed E-state index contributed by atoms with van der Waals surface area (Å²) in [5, 5.41) is 11.2. The summed E-state index contributed by atoms with van der Waals surface area (Å²) in [6.45, 7) is 1.11. The van der Waals surface area contributed by atoms with Crippen LogP contribution in [-0.4, -0.2) is 20.7 Å². The molecule has 1 saturated carbocycles. The van der Waals surface area contributed by atoms with Gasteiger partial charge in [-0.05, 0) is 36.8 Å². The van der Waals surface area contributed by atoms with E-state index in [4.69, 9.17) is 0 Å². The van der Waals surface area contributed by atoms with Crippen LogP contribution < -0.4 is 5.32 Å². The molecule has 0 radical (unpaired) electrons. The fraction of sp³-hybridized carbons (Fsp3) is 0.526. The third-order valence-electron chi connectivity index (χ3n) is 5.40. The predicted molar refractivity (Wildman–Crippen MR) is 91.7 cm³/mol. The molecule has 1 N–H and O–H groups in total. The zero-order valence-electron chi connectivity index (χ0n) is 14.8. The molecule has 27 heavy (non-hydrogen) atoms. The molecule has 2 unspecified atom stereocenters. The van der Waals surface area contributed by atoms with Crippen molar-refractivity contribution in [2.75, 3.05) is 0 Å². The first-order chi connectivity index (χ1) is 12.9. The molecule has 144 valence electrons. The number of benzene rings is 1. The lowest BCUT2D eigenvalue weighted by Gasteiger charge is -2.12. The minimum absolute atomic E-state index is 0.210. The van der Waals surface area contributed by atoms with E-state index >= 15 is 0 Å². The van der Waals surface area contributed by atoms with Crippen molar-refractivity contribution in [3.05, 3.63) is 47.0 Å². The van der Waals surface area contributed by atoms with Crippen molar-refractivity contribution >= 4 is 5.91 Å². The summed E-state index contributed by atoms with van der Waals surface area (Å²) in [5.41, 5.74) is -0.436. The molecule has 2 atom stereocenters. The first-order valence-corrected chi connectivity index (χ1v) is 9.30. The monoisotopic (exact) mass is 378 g/mol. The van der Waals surface area contributed by atoms with Crippen molar-refractivity contribution < 1.29 is 18.0 Å². The average molecular weight is 378 g/mol. The zero-order chi connectivity index (χ0) is 19.0. The molecule has 1 aromatic heterocycles. The number of alkyl halides is 3. The number of fused-ring (bicyclic) bond motifs is 1. The largest absolute Gasteiger partial charge is 0.416 e. The Labute approximate surface area is 155 Å². The number of aromatic nitrogens is 3. The summed E-state index contributed by atoms with van der Waals surface area (Å²) in [7, 11) is 0. The molecule has 0 saturated heterocycles. The van der Waals surface area contributed by atoms with Crippen molar-refractivity contribution in [2.45, 2.75) is 57.3 Å². The van der Waals surface area contributed by atoms with Crippen LogP contribution in [0.5, 0.6) is 0 Å². The van der Waals surface area contributed by atoms with Crippen LogP contribution in [0.2, 0.25) is 0 Å². The lowest BCUT2D eigenvalue weighted by molar-refractivity contribution is -0.138. The van der Waals surface area contributed by atoms with Crippen molar-refractivity contribution in [2.24, 2.45) is 5.92 Å². The fourth-order valence-corrected chi connectivity index (χ4v) is 3.88. The second-order valence-electron chi connectivity index (χ2n) is 7.25. The molecule has 2 aliphatic rings. The Morgan fingerprint density at radius 2 is 2.00 bits per heavy atom. The molecular weight excluding hydrogens is 357 g/mol. The summed E-state index contributed by atoms with van der Waals surface area (Å²) < 4.78 is 41.6. The number of hydrogen-bond donors (Lipinski definition) is 1. The molecule has 0 spiro atoms. The lowest BCUT2D eigenvalue weighted by atomic mass is 10.0. The van der Waals surface area contributed by atoms with Crippen LogP contribution in [0.25, 0.3) is 0 Å². The molecule has 4 rings (SSSR count). The highest BCUT2D eigenvalue weighted by molar-refractivity contribution is 5.83. The number of carbonyl (C=O) groups is 1. The maximum Gasteiger partial charge on any atom is 0.416 e. The van der Waals surface area contributed by atoms with E-state index in [-0.39, 0.29) is 23.9 Å². The highest BCUT2D eigenvalue weighted by atomic mass is 19.4. The molecule has 8 heteroatoms. The minimum Gasteiger partial charge on any atom is -0.349 e. The Kier molecular flexibility index (Phi) is 4.65.